The van der Waals surface area contributed by atoms with Crippen LogP contribution in [0.25, 0.3) is 0 Å². The van der Waals surface area contributed by atoms with Crippen molar-refractivity contribution in [2.75, 3.05) is 0 Å². The molecule has 0 amide bonds. The van der Waals surface area contributed by atoms with Crippen molar-refractivity contribution in [3.05, 3.63) is 24.3 Å². The fourth-order valence-electron chi connectivity index (χ4n) is 1.28. The van der Waals surface area contributed by atoms with Crippen molar-refractivity contribution >= 4 is 25.7 Å². The molecule has 2 atom stereocenters. The lowest BCUT2D eigenvalue weighted by Crippen LogP contribution is -2.42. The molecule has 1 N–H and O–H groups in total. The number of hydrogen-bond acceptors (Lipinski definition) is 3. The fourth-order valence-corrected chi connectivity index (χ4v) is 2.44. The Bertz CT molecular complexity index is 409. The van der Waals surface area contributed by atoms with Crippen LogP contribution in [0.5, 0.6) is 0 Å². The van der Waals surface area contributed by atoms with E-state index in [2.05, 4.69) is 0 Å². The average Bonchev–Trinajstić information content (AvgIpc) is 2.02. The lowest BCUT2D eigenvalue weighted by molar-refractivity contribution is -0.140. The van der Waals surface area contributed by atoms with Gasteiger partial charge >= 0.3 is 5.97 Å². The number of halogens is 1. The first-order valence-corrected chi connectivity index (χ1v) is 6.13. The SMILES string of the molecule is CC1(S(=O)(=O)Cl)C=CC=CC1C(=O)O. The smallest absolute Gasteiger partial charge is 0.312 e. The summed E-state index contributed by atoms with van der Waals surface area (Å²) in [4.78, 5) is 10.8. The molecule has 0 radical (unpaired) electrons. The first-order valence-electron chi connectivity index (χ1n) is 3.82. The van der Waals surface area contributed by atoms with Gasteiger partial charge in [0.15, 0.2) is 0 Å². The number of aliphatic carboxylic acids is 1. The Morgan fingerprint density at radius 3 is 2.43 bits per heavy atom. The Kier molecular flexibility index (Phi) is 2.74. The number of hydrogen-bond donors (Lipinski definition) is 1. The van der Waals surface area contributed by atoms with E-state index in [9.17, 15) is 13.2 Å². The van der Waals surface area contributed by atoms with Crippen molar-refractivity contribution in [3.63, 3.8) is 0 Å². The highest BCUT2D eigenvalue weighted by molar-refractivity contribution is 8.15. The minimum atomic E-state index is -3.97. The van der Waals surface area contributed by atoms with Crippen LogP contribution in [0.2, 0.25) is 0 Å². The summed E-state index contributed by atoms with van der Waals surface area (Å²) in [5.41, 5.74) is 0. The third-order valence-corrected chi connectivity index (χ3v) is 4.69. The molecule has 0 aromatic heterocycles. The Balaban J connectivity index is 3.27. The van der Waals surface area contributed by atoms with Gasteiger partial charge in [-0.25, -0.2) is 8.42 Å². The van der Waals surface area contributed by atoms with Crippen molar-refractivity contribution in [2.24, 2.45) is 5.92 Å². The van der Waals surface area contributed by atoms with Gasteiger partial charge in [0.1, 0.15) is 4.75 Å². The van der Waals surface area contributed by atoms with E-state index in [1.165, 1.54) is 31.2 Å². The van der Waals surface area contributed by atoms with Crippen LogP contribution in [-0.4, -0.2) is 24.2 Å². The Morgan fingerprint density at radius 1 is 1.50 bits per heavy atom. The summed E-state index contributed by atoms with van der Waals surface area (Å²) in [7, 11) is 1.25. The predicted molar refractivity (Wildman–Crippen MR) is 52.6 cm³/mol. The Morgan fingerprint density at radius 2 is 2.07 bits per heavy atom. The van der Waals surface area contributed by atoms with Gasteiger partial charge in [-0.2, -0.15) is 0 Å². The van der Waals surface area contributed by atoms with Gasteiger partial charge in [-0.05, 0) is 6.92 Å². The molecule has 14 heavy (non-hydrogen) atoms. The maximum absolute atomic E-state index is 11.2. The maximum Gasteiger partial charge on any atom is 0.312 e. The molecule has 0 heterocycles. The molecule has 1 aliphatic rings. The molecular formula is C8H9ClO4S. The van der Waals surface area contributed by atoms with E-state index in [4.69, 9.17) is 15.8 Å². The molecule has 0 saturated carbocycles. The van der Waals surface area contributed by atoms with E-state index in [1.54, 1.807) is 0 Å². The van der Waals surface area contributed by atoms with Crippen LogP contribution in [0.1, 0.15) is 6.92 Å². The normalized spacial score (nSPS) is 31.7. The molecule has 1 aliphatic carbocycles. The van der Waals surface area contributed by atoms with E-state index >= 15 is 0 Å². The monoisotopic (exact) mass is 236 g/mol. The summed E-state index contributed by atoms with van der Waals surface area (Å²) >= 11 is 0. The average molecular weight is 237 g/mol. The summed E-state index contributed by atoms with van der Waals surface area (Å²) in [6, 6.07) is 0. The number of carboxylic acids is 1. The van der Waals surface area contributed by atoms with E-state index in [0.717, 1.165) is 0 Å². The highest BCUT2D eigenvalue weighted by atomic mass is 35.7. The number of carbonyl (C=O) groups is 1. The molecule has 0 bridgehead atoms. The van der Waals surface area contributed by atoms with Gasteiger partial charge in [0.25, 0.3) is 0 Å². The van der Waals surface area contributed by atoms with E-state index in [1.807, 2.05) is 0 Å². The second kappa shape index (κ2) is 3.40. The first-order chi connectivity index (χ1) is 6.29. The van der Waals surface area contributed by atoms with Gasteiger partial charge in [-0.1, -0.05) is 24.3 Å². The van der Waals surface area contributed by atoms with Crippen molar-refractivity contribution in [1.29, 1.82) is 0 Å². The van der Waals surface area contributed by atoms with Crippen LogP contribution in [0, 0.1) is 5.92 Å². The van der Waals surface area contributed by atoms with Crippen molar-refractivity contribution < 1.29 is 18.3 Å². The lowest BCUT2D eigenvalue weighted by Gasteiger charge is -2.28. The molecule has 0 spiro atoms. The summed E-state index contributed by atoms with van der Waals surface area (Å²) in [5, 5.41) is 8.83. The Labute approximate surface area is 86.3 Å². The predicted octanol–water partition coefficient (Wildman–Crippen LogP) is 1.14. The first kappa shape index (κ1) is 11.3. The standard InChI is InChI=1S/C8H9ClO4S/c1-8(14(9,12)13)5-3-2-4-6(8)7(10)11/h2-6H,1H3,(H,10,11). The third-order valence-electron chi connectivity index (χ3n) is 2.25. The molecule has 2 unspecified atom stereocenters. The van der Waals surface area contributed by atoms with Gasteiger partial charge in [0, 0.05) is 10.7 Å². The fraction of sp³-hybridized carbons (Fsp3) is 0.375. The van der Waals surface area contributed by atoms with Crippen LogP contribution >= 0.6 is 10.7 Å². The summed E-state index contributed by atoms with van der Waals surface area (Å²) in [6.45, 7) is 1.29. The van der Waals surface area contributed by atoms with E-state index in [0.29, 0.717) is 0 Å². The Hall–Kier alpha value is -0.810. The summed E-state index contributed by atoms with van der Waals surface area (Å²) < 4.78 is 20.9. The van der Waals surface area contributed by atoms with Crippen LogP contribution in [-0.2, 0) is 13.8 Å². The number of rotatable bonds is 2. The molecule has 0 aromatic rings. The highest BCUT2D eigenvalue weighted by Crippen LogP contribution is 2.34. The van der Waals surface area contributed by atoms with Gasteiger partial charge in [0.2, 0.25) is 9.05 Å². The highest BCUT2D eigenvalue weighted by Gasteiger charge is 2.46. The van der Waals surface area contributed by atoms with Gasteiger partial charge in [-0.3, -0.25) is 4.79 Å². The van der Waals surface area contributed by atoms with Gasteiger partial charge in [-0.15, -0.1) is 0 Å². The van der Waals surface area contributed by atoms with E-state index in [-0.39, 0.29) is 0 Å². The minimum Gasteiger partial charge on any atom is -0.481 e. The molecule has 0 aromatic carbocycles. The summed E-state index contributed by atoms with van der Waals surface area (Å²) in [5.74, 6) is -2.35. The van der Waals surface area contributed by atoms with Crippen LogP contribution in [0.15, 0.2) is 24.3 Å². The van der Waals surface area contributed by atoms with Gasteiger partial charge < -0.3 is 5.11 Å². The van der Waals surface area contributed by atoms with Crippen molar-refractivity contribution in [1.82, 2.24) is 0 Å². The second-order valence-electron chi connectivity index (χ2n) is 3.18. The zero-order valence-electron chi connectivity index (χ0n) is 7.34. The van der Waals surface area contributed by atoms with Crippen LogP contribution < -0.4 is 0 Å². The molecular weight excluding hydrogens is 228 g/mol. The largest absolute Gasteiger partial charge is 0.481 e. The lowest BCUT2D eigenvalue weighted by atomic mass is 9.89. The minimum absolute atomic E-state index is 1.14. The molecule has 78 valence electrons. The molecule has 6 heteroatoms. The zero-order chi connectivity index (χ0) is 11.0. The maximum atomic E-state index is 11.2. The molecule has 0 aliphatic heterocycles. The van der Waals surface area contributed by atoms with E-state index < -0.39 is 25.7 Å². The topological polar surface area (TPSA) is 71.4 Å². The zero-order valence-corrected chi connectivity index (χ0v) is 8.92. The van der Waals surface area contributed by atoms with Crippen LogP contribution in [0.4, 0.5) is 0 Å². The van der Waals surface area contributed by atoms with Gasteiger partial charge in [0.05, 0.1) is 5.92 Å². The second-order valence-corrected chi connectivity index (χ2v) is 6.16. The number of allylic oxidation sites excluding steroid dienone is 2. The van der Waals surface area contributed by atoms with Crippen LogP contribution in [0.3, 0.4) is 0 Å². The third kappa shape index (κ3) is 1.69. The molecule has 0 fully saturated rings. The van der Waals surface area contributed by atoms with Crippen molar-refractivity contribution in [3.8, 4) is 0 Å². The summed E-state index contributed by atoms with van der Waals surface area (Å²) in [6.07, 6.45) is 5.55. The molecule has 0 saturated heterocycles. The van der Waals surface area contributed by atoms with Crippen molar-refractivity contribution in [2.45, 2.75) is 11.7 Å². The quantitative estimate of drug-likeness (QED) is 0.730. The molecule has 4 nitrogen and oxygen atoms in total. The number of carboxylic acid groups (broad SMARTS) is 1. The molecule has 1 rings (SSSR count).